The second-order valence-corrected chi connectivity index (χ2v) is 7.70. The summed E-state index contributed by atoms with van der Waals surface area (Å²) in [5.41, 5.74) is 0.269. The van der Waals surface area contributed by atoms with Crippen LogP contribution in [-0.4, -0.2) is 12.1 Å². The standard InChI is InChI=1S/C16H33N/c1-12(2)9-15-10-13(3)7-8-14(15)11-17-16(4,5)6/h12-15,17H,7-11H2,1-6H3. The molecule has 0 bridgehead atoms. The van der Waals surface area contributed by atoms with Gasteiger partial charge in [0.05, 0.1) is 0 Å². The quantitative estimate of drug-likeness (QED) is 0.763. The van der Waals surface area contributed by atoms with Crippen LogP contribution in [-0.2, 0) is 0 Å². The molecular formula is C16H33N. The highest BCUT2D eigenvalue weighted by Gasteiger charge is 2.29. The molecule has 1 aliphatic rings. The maximum atomic E-state index is 3.71. The Morgan fingerprint density at radius 1 is 1.12 bits per heavy atom. The molecule has 1 saturated carbocycles. The van der Waals surface area contributed by atoms with E-state index in [1.807, 2.05) is 0 Å². The molecule has 0 aromatic carbocycles. The van der Waals surface area contributed by atoms with Crippen LogP contribution in [0.1, 0.15) is 67.2 Å². The van der Waals surface area contributed by atoms with Crippen molar-refractivity contribution in [2.75, 3.05) is 6.54 Å². The molecule has 0 aromatic rings. The van der Waals surface area contributed by atoms with Gasteiger partial charge in [-0.3, -0.25) is 0 Å². The van der Waals surface area contributed by atoms with Gasteiger partial charge < -0.3 is 5.32 Å². The number of nitrogens with one attached hydrogen (secondary N) is 1. The first-order valence-corrected chi connectivity index (χ1v) is 7.53. The van der Waals surface area contributed by atoms with E-state index in [1.165, 1.54) is 32.2 Å². The van der Waals surface area contributed by atoms with Crippen molar-refractivity contribution in [3.8, 4) is 0 Å². The van der Waals surface area contributed by atoms with Crippen LogP contribution in [0.25, 0.3) is 0 Å². The van der Waals surface area contributed by atoms with Gasteiger partial charge in [-0.15, -0.1) is 0 Å². The summed E-state index contributed by atoms with van der Waals surface area (Å²) in [7, 11) is 0. The van der Waals surface area contributed by atoms with Crippen LogP contribution in [0.15, 0.2) is 0 Å². The Kier molecular flexibility index (Phi) is 5.50. The predicted molar refractivity (Wildman–Crippen MR) is 77.2 cm³/mol. The molecule has 0 radical (unpaired) electrons. The van der Waals surface area contributed by atoms with Crippen molar-refractivity contribution in [3.05, 3.63) is 0 Å². The second-order valence-electron chi connectivity index (χ2n) is 7.70. The molecule has 102 valence electrons. The lowest BCUT2D eigenvalue weighted by atomic mass is 9.71. The van der Waals surface area contributed by atoms with Gasteiger partial charge in [-0.25, -0.2) is 0 Å². The van der Waals surface area contributed by atoms with E-state index in [2.05, 4.69) is 46.9 Å². The van der Waals surface area contributed by atoms with Gasteiger partial charge in [0, 0.05) is 5.54 Å². The Morgan fingerprint density at radius 3 is 2.29 bits per heavy atom. The molecule has 3 atom stereocenters. The minimum Gasteiger partial charge on any atom is -0.312 e. The fraction of sp³-hybridized carbons (Fsp3) is 1.00. The number of hydrogen-bond acceptors (Lipinski definition) is 1. The summed E-state index contributed by atoms with van der Waals surface area (Å²) >= 11 is 0. The second kappa shape index (κ2) is 6.22. The summed E-state index contributed by atoms with van der Waals surface area (Å²) in [6, 6.07) is 0. The van der Waals surface area contributed by atoms with Gasteiger partial charge in [0.2, 0.25) is 0 Å². The molecule has 1 fully saturated rings. The minimum absolute atomic E-state index is 0.269. The van der Waals surface area contributed by atoms with Crippen molar-refractivity contribution in [1.29, 1.82) is 0 Å². The third-order valence-corrected chi connectivity index (χ3v) is 4.07. The number of hydrogen-bond donors (Lipinski definition) is 1. The molecule has 3 unspecified atom stereocenters. The van der Waals surface area contributed by atoms with Crippen molar-refractivity contribution >= 4 is 0 Å². The Bertz CT molecular complexity index is 212. The normalized spacial score (nSPS) is 30.9. The molecule has 0 aromatic heterocycles. The highest BCUT2D eigenvalue weighted by molar-refractivity contribution is 4.83. The van der Waals surface area contributed by atoms with E-state index in [0.717, 1.165) is 23.7 Å². The van der Waals surface area contributed by atoms with Crippen LogP contribution in [0, 0.1) is 23.7 Å². The zero-order chi connectivity index (χ0) is 13.1. The molecular weight excluding hydrogens is 206 g/mol. The van der Waals surface area contributed by atoms with Gasteiger partial charge in [0.15, 0.2) is 0 Å². The van der Waals surface area contributed by atoms with Crippen molar-refractivity contribution in [2.45, 2.75) is 72.8 Å². The van der Waals surface area contributed by atoms with Gasteiger partial charge >= 0.3 is 0 Å². The van der Waals surface area contributed by atoms with Crippen LogP contribution in [0.2, 0.25) is 0 Å². The van der Waals surface area contributed by atoms with Crippen molar-refractivity contribution in [1.82, 2.24) is 5.32 Å². The van der Waals surface area contributed by atoms with E-state index >= 15 is 0 Å². The van der Waals surface area contributed by atoms with Gasteiger partial charge in [0.25, 0.3) is 0 Å². The lowest BCUT2D eigenvalue weighted by molar-refractivity contribution is 0.153. The van der Waals surface area contributed by atoms with Crippen LogP contribution in [0.5, 0.6) is 0 Å². The summed E-state index contributed by atoms with van der Waals surface area (Å²) in [6.45, 7) is 15.2. The van der Waals surface area contributed by atoms with Crippen LogP contribution in [0.4, 0.5) is 0 Å². The van der Waals surface area contributed by atoms with Gasteiger partial charge in [-0.2, -0.15) is 0 Å². The highest BCUT2D eigenvalue weighted by Crippen LogP contribution is 2.37. The SMILES string of the molecule is CC(C)CC1CC(C)CCC1CNC(C)(C)C. The molecule has 1 heteroatoms. The van der Waals surface area contributed by atoms with E-state index < -0.39 is 0 Å². The summed E-state index contributed by atoms with van der Waals surface area (Å²) in [5, 5.41) is 3.71. The number of rotatable bonds is 4. The Hall–Kier alpha value is -0.0400. The molecule has 17 heavy (non-hydrogen) atoms. The first-order valence-electron chi connectivity index (χ1n) is 7.53. The van der Waals surface area contributed by atoms with Gasteiger partial charge in [0.1, 0.15) is 0 Å². The summed E-state index contributed by atoms with van der Waals surface area (Å²) in [5.74, 6) is 3.66. The van der Waals surface area contributed by atoms with Crippen LogP contribution < -0.4 is 5.32 Å². The van der Waals surface area contributed by atoms with Crippen molar-refractivity contribution < 1.29 is 0 Å². The molecule has 1 N–H and O–H groups in total. The summed E-state index contributed by atoms with van der Waals surface area (Å²) < 4.78 is 0. The van der Waals surface area contributed by atoms with Crippen LogP contribution >= 0.6 is 0 Å². The van der Waals surface area contributed by atoms with Crippen molar-refractivity contribution in [3.63, 3.8) is 0 Å². The molecule has 1 nitrogen and oxygen atoms in total. The van der Waals surface area contributed by atoms with E-state index in [-0.39, 0.29) is 5.54 Å². The highest BCUT2D eigenvalue weighted by atomic mass is 14.9. The molecule has 0 amide bonds. The molecule has 1 aliphatic carbocycles. The maximum absolute atomic E-state index is 3.71. The van der Waals surface area contributed by atoms with E-state index in [9.17, 15) is 0 Å². The first kappa shape index (κ1) is 15.0. The van der Waals surface area contributed by atoms with Crippen LogP contribution in [0.3, 0.4) is 0 Å². The molecule has 0 aliphatic heterocycles. The summed E-state index contributed by atoms with van der Waals surface area (Å²) in [4.78, 5) is 0. The third kappa shape index (κ3) is 5.90. The lowest BCUT2D eigenvalue weighted by Gasteiger charge is -2.37. The third-order valence-electron chi connectivity index (χ3n) is 4.07. The average Bonchev–Trinajstić information content (AvgIpc) is 2.14. The Labute approximate surface area is 109 Å². The Morgan fingerprint density at radius 2 is 1.76 bits per heavy atom. The first-order chi connectivity index (χ1) is 7.78. The largest absolute Gasteiger partial charge is 0.312 e. The molecule has 1 rings (SSSR count). The molecule has 0 spiro atoms. The zero-order valence-electron chi connectivity index (χ0n) is 12.8. The van der Waals surface area contributed by atoms with E-state index in [1.54, 1.807) is 0 Å². The average molecular weight is 239 g/mol. The van der Waals surface area contributed by atoms with Crippen molar-refractivity contribution in [2.24, 2.45) is 23.7 Å². The fourth-order valence-electron chi connectivity index (χ4n) is 3.16. The topological polar surface area (TPSA) is 12.0 Å². The summed E-state index contributed by atoms with van der Waals surface area (Å²) in [6.07, 6.45) is 5.74. The maximum Gasteiger partial charge on any atom is 0.00966 e. The molecule has 0 saturated heterocycles. The fourth-order valence-corrected chi connectivity index (χ4v) is 3.16. The van der Waals surface area contributed by atoms with Gasteiger partial charge in [-0.05, 0) is 70.3 Å². The lowest BCUT2D eigenvalue weighted by Crippen LogP contribution is -2.42. The molecule has 0 heterocycles. The van der Waals surface area contributed by atoms with E-state index in [4.69, 9.17) is 0 Å². The van der Waals surface area contributed by atoms with E-state index in [0.29, 0.717) is 0 Å². The predicted octanol–water partition coefficient (Wildman–Crippen LogP) is 4.47. The smallest absolute Gasteiger partial charge is 0.00966 e. The zero-order valence-corrected chi connectivity index (χ0v) is 12.8. The van der Waals surface area contributed by atoms with Gasteiger partial charge in [-0.1, -0.05) is 27.2 Å². The Balaban J connectivity index is 2.48. The minimum atomic E-state index is 0.269. The monoisotopic (exact) mass is 239 g/mol.